The molecule has 2 amide bonds. The van der Waals surface area contributed by atoms with E-state index in [1.54, 1.807) is 22.9 Å². The molecule has 0 aliphatic carbocycles. The Morgan fingerprint density at radius 1 is 1.63 bits per heavy atom. The molecular formula is C11H15N3O3S2. The summed E-state index contributed by atoms with van der Waals surface area (Å²) in [4.78, 5) is 29.7. The van der Waals surface area contributed by atoms with Crippen molar-refractivity contribution in [1.82, 2.24) is 9.88 Å². The van der Waals surface area contributed by atoms with Gasteiger partial charge in [0, 0.05) is 29.1 Å². The number of carboxylic acids is 1. The van der Waals surface area contributed by atoms with Crippen LogP contribution >= 0.6 is 23.1 Å². The first-order chi connectivity index (χ1) is 9.06. The predicted octanol–water partition coefficient (Wildman–Crippen LogP) is 1.88. The second kappa shape index (κ2) is 6.25. The zero-order valence-electron chi connectivity index (χ0n) is 10.5. The molecule has 1 saturated heterocycles. The molecule has 0 spiro atoms. The number of carbonyl (C=O) groups excluding carboxylic acids is 1. The van der Waals surface area contributed by atoms with Crippen molar-refractivity contribution < 1.29 is 14.7 Å². The summed E-state index contributed by atoms with van der Waals surface area (Å²) in [6, 6.07) is -0.516. The number of hydrogen-bond donors (Lipinski definition) is 2. The first-order valence-corrected chi connectivity index (χ1v) is 7.83. The fraction of sp³-hybridized carbons (Fsp3) is 0.545. The van der Waals surface area contributed by atoms with Gasteiger partial charge in [-0.25, -0.2) is 9.78 Å². The Kier molecular flexibility index (Phi) is 4.65. The number of thioether (sulfide) groups is 1. The number of aromatic nitrogens is 1. The van der Waals surface area contributed by atoms with Gasteiger partial charge in [0.05, 0.1) is 12.5 Å². The first kappa shape index (κ1) is 14.1. The van der Waals surface area contributed by atoms with Gasteiger partial charge < -0.3 is 10.0 Å². The molecular weight excluding hydrogens is 286 g/mol. The van der Waals surface area contributed by atoms with Crippen molar-refractivity contribution in [3.63, 3.8) is 0 Å². The fourth-order valence-corrected chi connectivity index (χ4v) is 3.59. The number of anilines is 1. The van der Waals surface area contributed by atoms with Gasteiger partial charge in [-0.05, 0) is 6.92 Å². The van der Waals surface area contributed by atoms with Gasteiger partial charge in [0.15, 0.2) is 5.13 Å². The maximum Gasteiger partial charge on any atom is 0.323 e. The van der Waals surface area contributed by atoms with Crippen molar-refractivity contribution in [2.75, 3.05) is 23.4 Å². The van der Waals surface area contributed by atoms with E-state index in [-0.39, 0.29) is 18.5 Å². The summed E-state index contributed by atoms with van der Waals surface area (Å²) >= 11 is 3.08. The van der Waals surface area contributed by atoms with Gasteiger partial charge in [0.25, 0.3) is 0 Å². The second-order valence-corrected chi connectivity index (χ2v) is 6.61. The number of aryl methyl sites for hydroxylation is 1. The molecule has 0 aromatic carbocycles. The summed E-state index contributed by atoms with van der Waals surface area (Å²) in [5, 5.41) is 12.2. The van der Waals surface area contributed by atoms with Crippen LogP contribution in [0.15, 0.2) is 6.20 Å². The lowest BCUT2D eigenvalue weighted by Gasteiger charge is -2.34. The number of carboxylic acid groups (broad SMARTS) is 1. The molecule has 6 nitrogen and oxygen atoms in total. The van der Waals surface area contributed by atoms with Crippen LogP contribution in [0.5, 0.6) is 0 Å². The Morgan fingerprint density at radius 3 is 3.05 bits per heavy atom. The summed E-state index contributed by atoms with van der Waals surface area (Å²) < 4.78 is 0. The maximum atomic E-state index is 12.1. The van der Waals surface area contributed by atoms with Crippen molar-refractivity contribution >= 4 is 40.2 Å². The van der Waals surface area contributed by atoms with Gasteiger partial charge in [-0.3, -0.25) is 10.1 Å². The monoisotopic (exact) mass is 301 g/mol. The highest BCUT2D eigenvalue weighted by atomic mass is 32.2. The molecule has 1 fully saturated rings. The van der Waals surface area contributed by atoms with Gasteiger partial charge in [0.2, 0.25) is 0 Å². The number of aliphatic carboxylic acids is 1. The largest absolute Gasteiger partial charge is 0.481 e. The van der Waals surface area contributed by atoms with Gasteiger partial charge in [-0.2, -0.15) is 11.8 Å². The summed E-state index contributed by atoms with van der Waals surface area (Å²) in [5.74, 6) is 0.618. The highest BCUT2D eigenvalue weighted by molar-refractivity contribution is 7.99. The standard InChI is InChI=1S/C11H15N3O3S2/c1-7-5-12-10(19-7)13-11(17)14-2-3-18-6-8(14)4-9(15)16/h5,8H,2-4,6H2,1H3,(H,15,16)(H,12,13,17). The fourth-order valence-electron chi connectivity index (χ4n) is 1.87. The van der Waals surface area contributed by atoms with Crippen LogP contribution in [0.2, 0.25) is 0 Å². The van der Waals surface area contributed by atoms with Crippen LogP contribution in [0.4, 0.5) is 9.93 Å². The van der Waals surface area contributed by atoms with Crippen molar-refractivity contribution in [2.45, 2.75) is 19.4 Å². The highest BCUT2D eigenvalue weighted by Gasteiger charge is 2.29. The Bertz CT molecular complexity index is 478. The quantitative estimate of drug-likeness (QED) is 0.890. The third-order valence-electron chi connectivity index (χ3n) is 2.73. The van der Waals surface area contributed by atoms with E-state index in [4.69, 9.17) is 5.11 Å². The van der Waals surface area contributed by atoms with Crippen molar-refractivity contribution in [3.8, 4) is 0 Å². The molecule has 2 N–H and O–H groups in total. The maximum absolute atomic E-state index is 12.1. The van der Waals surface area contributed by atoms with Gasteiger partial charge in [0.1, 0.15) is 0 Å². The number of amides is 2. The molecule has 1 aliphatic rings. The number of urea groups is 1. The van der Waals surface area contributed by atoms with E-state index in [2.05, 4.69) is 10.3 Å². The topological polar surface area (TPSA) is 82.5 Å². The number of thiazole rings is 1. The number of rotatable bonds is 3. The van der Waals surface area contributed by atoms with E-state index in [0.29, 0.717) is 17.4 Å². The molecule has 1 atom stereocenters. The number of hydrogen-bond acceptors (Lipinski definition) is 5. The molecule has 0 saturated carbocycles. The van der Waals surface area contributed by atoms with Gasteiger partial charge in [-0.1, -0.05) is 0 Å². The number of nitrogens with one attached hydrogen (secondary N) is 1. The van der Waals surface area contributed by atoms with E-state index in [9.17, 15) is 9.59 Å². The molecule has 2 rings (SSSR count). The molecule has 1 unspecified atom stereocenters. The average molecular weight is 301 g/mol. The highest BCUT2D eigenvalue weighted by Crippen LogP contribution is 2.22. The van der Waals surface area contributed by atoms with E-state index in [0.717, 1.165) is 10.6 Å². The third-order valence-corrected chi connectivity index (χ3v) is 4.65. The zero-order valence-corrected chi connectivity index (χ0v) is 12.1. The molecule has 2 heterocycles. The second-order valence-electron chi connectivity index (χ2n) is 4.23. The molecule has 8 heteroatoms. The number of carbonyl (C=O) groups is 2. The molecule has 1 aromatic rings. The lowest BCUT2D eigenvalue weighted by atomic mass is 10.2. The molecule has 0 radical (unpaired) electrons. The van der Waals surface area contributed by atoms with Crippen LogP contribution in [-0.2, 0) is 4.79 Å². The van der Waals surface area contributed by atoms with Crippen molar-refractivity contribution in [2.24, 2.45) is 0 Å². The Hall–Kier alpha value is -1.28. The van der Waals surface area contributed by atoms with Crippen LogP contribution in [0.3, 0.4) is 0 Å². The van der Waals surface area contributed by atoms with E-state index < -0.39 is 5.97 Å². The van der Waals surface area contributed by atoms with Crippen LogP contribution in [0, 0.1) is 6.92 Å². The Balaban J connectivity index is 2.00. The van der Waals surface area contributed by atoms with Crippen LogP contribution in [0.1, 0.15) is 11.3 Å². The molecule has 19 heavy (non-hydrogen) atoms. The molecule has 1 aromatic heterocycles. The lowest BCUT2D eigenvalue weighted by molar-refractivity contribution is -0.137. The Morgan fingerprint density at radius 2 is 2.42 bits per heavy atom. The van der Waals surface area contributed by atoms with Crippen molar-refractivity contribution in [1.29, 1.82) is 0 Å². The van der Waals surface area contributed by atoms with Crippen molar-refractivity contribution in [3.05, 3.63) is 11.1 Å². The van der Waals surface area contributed by atoms with E-state index >= 15 is 0 Å². The SMILES string of the molecule is Cc1cnc(NC(=O)N2CCSCC2CC(=O)O)s1. The minimum Gasteiger partial charge on any atom is -0.481 e. The third kappa shape index (κ3) is 3.84. The van der Waals surface area contributed by atoms with E-state index in [1.807, 2.05) is 6.92 Å². The zero-order chi connectivity index (χ0) is 13.8. The predicted molar refractivity (Wildman–Crippen MR) is 75.9 cm³/mol. The van der Waals surface area contributed by atoms with Gasteiger partial charge in [-0.15, -0.1) is 11.3 Å². The normalized spacial score (nSPS) is 19.2. The molecule has 104 valence electrons. The molecule has 1 aliphatic heterocycles. The summed E-state index contributed by atoms with van der Waals surface area (Å²) in [7, 11) is 0. The summed E-state index contributed by atoms with van der Waals surface area (Å²) in [6.07, 6.45) is 1.68. The minimum atomic E-state index is -0.879. The summed E-state index contributed by atoms with van der Waals surface area (Å²) in [6.45, 7) is 2.48. The van der Waals surface area contributed by atoms with Gasteiger partial charge >= 0.3 is 12.0 Å². The average Bonchev–Trinajstić information content (AvgIpc) is 2.74. The minimum absolute atomic E-state index is 0.0166. The van der Waals surface area contributed by atoms with E-state index in [1.165, 1.54) is 11.3 Å². The van der Waals surface area contributed by atoms with Crippen LogP contribution in [0.25, 0.3) is 0 Å². The lowest BCUT2D eigenvalue weighted by Crippen LogP contribution is -2.48. The number of nitrogens with zero attached hydrogens (tertiary/aromatic N) is 2. The molecule has 0 bridgehead atoms. The Labute approximate surface area is 119 Å². The summed E-state index contributed by atoms with van der Waals surface area (Å²) in [5.41, 5.74) is 0. The van der Waals surface area contributed by atoms with Crippen LogP contribution < -0.4 is 5.32 Å². The smallest absolute Gasteiger partial charge is 0.323 e. The first-order valence-electron chi connectivity index (χ1n) is 5.86. The van der Waals surface area contributed by atoms with Crippen LogP contribution in [-0.4, -0.2) is 51.1 Å².